The van der Waals surface area contributed by atoms with E-state index in [4.69, 9.17) is 9.84 Å². The van der Waals surface area contributed by atoms with Crippen LogP contribution in [0.25, 0.3) is 0 Å². The minimum absolute atomic E-state index is 0.0461. The number of ether oxygens (including phenoxy) is 1. The molecule has 2 aromatic rings. The summed E-state index contributed by atoms with van der Waals surface area (Å²) in [6, 6.07) is 7.75. The van der Waals surface area contributed by atoms with Gasteiger partial charge in [-0.15, -0.1) is 0 Å². The van der Waals surface area contributed by atoms with Crippen molar-refractivity contribution in [3.63, 3.8) is 0 Å². The number of hydrogen-bond donors (Lipinski definition) is 3. The number of fused-ring (bicyclic) bond motifs is 2. The second-order valence-electron chi connectivity index (χ2n) is 6.87. The molecule has 1 saturated carbocycles. The van der Waals surface area contributed by atoms with E-state index in [0.29, 0.717) is 11.7 Å². The van der Waals surface area contributed by atoms with E-state index in [0.717, 1.165) is 24.8 Å². The minimum Gasteiger partial charge on any atom is -0.507 e. The largest absolute Gasteiger partial charge is 0.507 e. The van der Waals surface area contributed by atoms with Crippen molar-refractivity contribution in [1.29, 1.82) is 0 Å². The fourth-order valence-corrected chi connectivity index (χ4v) is 3.76. The number of phenols is 1. The molecular formula is C20H19NO5. The average Bonchev–Trinajstić information content (AvgIpc) is 3.06. The number of aromatic hydroxyl groups is 1. The van der Waals surface area contributed by atoms with E-state index in [9.17, 15) is 14.7 Å². The SMILES string of the molecule is O=C(O)c1ccc2c(c1)NC(=O)c1c(ccc(CC3CCCC3)c1O)O2. The van der Waals surface area contributed by atoms with Gasteiger partial charge in [-0.2, -0.15) is 0 Å². The maximum Gasteiger partial charge on any atom is 0.335 e. The zero-order valence-corrected chi connectivity index (χ0v) is 14.1. The molecule has 0 unspecified atom stereocenters. The Bertz CT molecular complexity index is 899. The summed E-state index contributed by atoms with van der Waals surface area (Å²) in [7, 11) is 0. The monoisotopic (exact) mass is 353 g/mol. The second-order valence-corrected chi connectivity index (χ2v) is 6.87. The quantitative estimate of drug-likeness (QED) is 0.769. The van der Waals surface area contributed by atoms with E-state index in [1.807, 2.05) is 0 Å². The van der Waals surface area contributed by atoms with Crippen LogP contribution in [0.2, 0.25) is 0 Å². The molecule has 1 heterocycles. The summed E-state index contributed by atoms with van der Waals surface area (Å²) in [5.74, 6) is -0.526. The average molecular weight is 353 g/mol. The van der Waals surface area contributed by atoms with Gasteiger partial charge in [0.1, 0.15) is 17.1 Å². The van der Waals surface area contributed by atoms with Crippen LogP contribution in [0.1, 0.15) is 52.0 Å². The molecule has 0 spiro atoms. The van der Waals surface area contributed by atoms with Crippen LogP contribution in [-0.4, -0.2) is 22.1 Å². The Labute approximate surface area is 150 Å². The molecular weight excluding hydrogens is 334 g/mol. The number of amides is 1. The van der Waals surface area contributed by atoms with Crippen LogP contribution in [-0.2, 0) is 6.42 Å². The molecule has 0 atom stereocenters. The van der Waals surface area contributed by atoms with Crippen molar-refractivity contribution in [3.8, 4) is 17.2 Å². The lowest BCUT2D eigenvalue weighted by molar-refractivity contribution is 0.0696. The molecule has 0 aromatic heterocycles. The highest BCUT2D eigenvalue weighted by Crippen LogP contribution is 2.42. The highest BCUT2D eigenvalue weighted by molar-refractivity contribution is 6.10. The van der Waals surface area contributed by atoms with Gasteiger partial charge in [0.25, 0.3) is 5.91 Å². The first-order valence-corrected chi connectivity index (χ1v) is 8.74. The molecule has 6 heteroatoms. The first-order valence-electron chi connectivity index (χ1n) is 8.74. The van der Waals surface area contributed by atoms with Crippen LogP contribution in [0, 0.1) is 5.92 Å². The Balaban J connectivity index is 1.70. The van der Waals surface area contributed by atoms with Gasteiger partial charge in [0.2, 0.25) is 0 Å². The summed E-state index contributed by atoms with van der Waals surface area (Å²) in [6.45, 7) is 0. The van der Waals surface area contributed by atoms with Gasteiger partial charge in [0, 0.05) is 0 Å². The van der Waals surface area contributed by atoms with Crippen molar-refractivity contribution in [2.24, 2.45) is 5.92 Å². The van der Waals surface area contributed by atoms with Gasteiger partial charge in [-0.25, -0.2) is 4.79 Å². The van der Waals surface area contributed by atoms with Crippen LogP contribution in [0.4, 0.5) is 5.69 Å². The van der Waals surface area contributed by atoms with E-state index in [1.165, 1.54) is 31.0 Å². The first-order chi connectivity index (χ1) is 12.5. The predicted octanol–water partition coefficient (Wildman–Crippen LogP) is 4.18. The smallest absolute Gasteiger partial charge is 0.335 e. The van der Waals surface area contributed by atoms with Gasteiger partial charge >= 0.3 is 5.97 Å². The van der Waals surface area contributed by atoms with Crippen LogP contribution >= 0.6 is 0 Å². The van der Waals surface area contributed by atoms with Crippen molar-refractivity contribution < 1.29 is 24.5 Å². The number of anilines is 1. The Morgan fingerprint density at radius 2 is 1.88 bits per heavy atom. The van der Waals surface area contributed by atoms with Crippen LogP contribution in [0.3, 0.4) is 0 Å². The van der Waals surface area contributed by atoms with Gasteiger partial charge in [-0.05, 0) is 42.2 Å². The second kappa shape index (κ2) is 6.37. The zero-order valence-electron chi connectivity index (χ0n) is 14.1. The van der Waals surface area contributed by atoms with Crippen molar-refractivity contribution in [2.75, 3.05) is 5.32 Å². The van der Waals surface area contributed by atoms with Gasteiger partial charge in [0.15, 0.2) is 5.75 Å². The normalized spacial score (nSPS) is 16.2. The highest BCUT2D eigenvalue weighted by atomic mass is 16.5. The first kappa shape index (κ1) is 16.4. The number of aromatic carboxylic acids is 1. The third kappa shape index (κ3) is 2.87. The molecule has 26 heavy (non-hydrogen) atoms. The summed E-state index contributed by atoms with van der Waals surface area (Å²) >= 11 is 0. The standard InChI is InChI=1S/C20H19NO5/c22-18-12(9-11-3-1-2-4-11)5-8-16-17(18)19(23)21-14-10-13(20(24)25)6-7-15(14)26-16/h5-8,10-11,22H,1-4,9H2,(H,21,23)(H,24,25). The van der Waals surface area contributed by atoms with E-state index in [-0.39, 0.29) is 28.3 Å². The third-order valence-corrected chi connectivity index (χ3v) is 5.13. The van der Waals surface area contributed by atoms with Gasteiger partial charge in [0.05, 0.1) is 11.3 Å². The van der Waals surface area contributed by atoms with Crippen LogP contribution in [0.15, 0.2) is 30.3 Å². The molecule has 0 saturated heterocycles. The zero-order chi connectivity index (χ0) is 18.3. The topological polar surface area (TPSA) is 95.9 Å². The van der Waals surface area contributed by atoms with Crippen LogP contribution < -0.4 is 10.1 Å². The molecule has 1 amide bonds. The lowest BCUT2D eigenvalue weighted by Crippen LogP contribution is -2.12. The molecule has 4 rings (SSSR count). The molecule has 3 N–H and O–H groups in total. The summed E-state index contributed by atoms with van der Waals surface area (Å²) < 4.78 is 5.78. The Morgan fingerprint density at radius 3 is 2.62 bits per heavy atom. The molecule has 1 aliphatic heterocycles. The number of benzene rings is 2. The van der Waals surface area contributed by atoms with Gasteiger partial charge in [-0.1, -0.05) is 31.7 Å². The number of carbonyl (C=O) groups excluding carboxylic acids is 1. The molecule has 2 aliphatic rings. The minimum atomic E-state index is -1.09. The van der Waals surface area contributed by atoms with Crippen molar-refractivity contribution in [1.82, 2.24) is 0 Å². The molecule has 1 fully saturated rings. The summed E-state index contributed by atoms with van der Waals surface area (Å²) in [4.78, 5) is 23.8. The Hall–Kier alpha value is -3.02. The lowest BCUT2D eigenvalue weighted by Gasteiger charge is -2.14. The molecule has 134 valence electrons. The van der Waals surface area contributed by atoms with E-state index < -0.39 is 11.9 Å². The van der Waals surface area contributed by atoms with Crippen molar-refractivity contribution >= 4 is 17.6 Å². The van der Waals surface area contributed by atoms with Gasteiger partial charge in [-0.3, -0.25) is 4.79 Å². The number of carbonyl (C=O) groups is 2. The number of carboxylic acids is 1. The number of hydrogen-bond acceptors (Lipinski definition) is 4. The molecule has 2 aromatic carbocycles. The number of rotatable bonds is 3. The predicted molar refractivity (Wildman–Crippen MR) is 95.2 cm³/mol. The van der Waals surface area contributed by atoms with Crippen molar-refractivity contribution in [2.45, 2.75) is 32.1 Å². The van der Waals surface area contributed by atoms with Gasteiger partial charge < -0.3 is 20.3 Å². The Morgan fingerprint density at radius 1 is 1.15 bits per heavy atom. The molecule has 1 aliphatic carbocycles. The maximum atomic E-state index is 12.7. The number of nitrogens with one attached hydrogen (secondary N) is 1. The maximum absolute atomic E-state index is 12.7. The highest BCUT2D eigenvalue weighted by Gasteiger charge is 2.27. The number of phenolic OH excluding ortho intramolecular Hbond substituents is 1. The molecule has 0 bridgehead atoms. The van der Waals surface area contributed by atoms with E-state index >= 15 is 0 Å². The van der Waals surface area contributed by atoms with Crippen LogP contribution in [0.5, 0.6) is 17.2 Å². The fraction of sp³-hybridized carbons (Fsp3) is 0.300. The van der Waals surface area contributed by atoms with Crippen molar-refractivity contribution in [3.05, 3.63) is 47.0 Å². The Kier molecular flexibility index (Phi) is 4.03. The fourth-order valence-electron chi connectivity index (χ4n) is 3.76. The molecule has 6 nitrogen and oxygen atoms in total. The number of carboxylic acid groups (broad SMARTS) is 1. The summed E-state index contributed by atoms with van der Waals surface area (Å²) in [6.07, 6.45) is 5.44. The van der Waals surface area contributed by atoms with E-state index in [2.05, 4.69) is 5.32 Å². The third-order valence-electron chi connectivity index (χ3n) is 5.13. The van der Waals surface area contributed by atoms with E-state index in [1.54, 1.807) is 12.1 Å². The lowest BCUT2D eigenvalue weighted by atomic mass is 9.95. The summed E-state index contributed by atoms with van der Waals surface area (Å²) in [5, 5.41) is 22.4. The summed E-state index contributed by atoms with van der Waals surface area (Å²) in [5.41, 5.74) is 1.15. The molecule has 0 radical (unpaired) electrons.